The van der Waals surface area contributed by atoms with Crippen molar-refractivity contribution in [3.05, 3.63) is 114 Å². The molecule has 0 bridgehead atoms. The van der Waals surface area contributed by atoms with Crippen LogP contribution in [0, 0.1) is 11.6 Å². The fourth-order valence-corrected chi connectivity index (χ4v) is 5.07. The Morgan fingerprint density at radius 3 is 2.06 bits per heavy atom. The fourth-order valence-electron chi connectivity index (χ4n) is 3.88. The first-order chi connectivity index (χ1) is 16.1. The van der Waals surface area contributed by atoms with Crippen molar-refractivity contribution in [3.8, 4) is 11.5 Å². The number of hydrogen-bond donors (Lipinski definition) is 1. The quantitative estimate of drug-likeness (QED) is 0.451. The maximum Gasteiger partial charge on any atom is 0.198 e. The lowest BCUT2D eigenvalue weighted by molar-refractivity contribution is 0.406. The van der Waals surface area contributed by atoms with E-state index >= 15 is 0 Å². The number of aromatic nitrogens is 3. The molecule has 9 heteroatoms. The number of para-hydroxylation sites is 1. The van der Waals surface area contributed by atoms with E-state index in [2.05, 4.69) is 15.0 Å². The number of nitrogens with zero attached hydrogens (tertiary/aromatic N) is 4. The number of amidine groups is 1. The number of aliphatic imine (C=N–C) groups is 1. The van der Waals surface area contributed by atoms with Gasteiger partial charge in [-0.2, -0.15) is 0 Å². The minimum Gasteiger partial charge on any atom is -0.451 e. The normalized spacial score (nSPS) is 16.9. The molecule has 0 aliphatic carbocycles. The summed E-state index contributed by atoms with van der Waals surface area (Å²) in [5.41, 5.74) is 7.66. The minimum absolute atomic E-state index is 0.244. The predicted molar refractivity (Wildman–Crippen MR) is 122 cm³/mol. The van der Waals surface area contributed by atoms with E-state index in [9.17, 15) is 8.78 Å². The second-order valence-corrected chi connectivity index (χ2v) is 8.38. The molecular weight excluding hydrogens is 444 g/mol. The number of hydrogen-bond acceptors (Lipinski definition) is 7. The molecule has 1 aliphatic rings. The molecule has 6 nitrogen and oxygen atoms in total. The van der Waals surface area contributed by atoms with E-state index in [0.29, 0.717) is 10.9 Å². The monoisotopic (exact) mass is 461 g/mol. The molecule has 4 aromatic rings. The second kappa shape index (κ2) is 8.59. The molecule has 1 unspecified atom stereocenters. The number of benzene rings is 1. The van der Waals surface area contributed by atoms with Gasteiger partial charge >= 0.3 is 0 Å². The van der Waals surface area contributed by atoms with E-state index in [4.69, 9.17) is 15.5 Å². The SMILES string of the molecule is NC1=NC(c2ccncc2)(c2ccncc2)C(c2cc(Oc3c(F)cccc3F)ccn2)S1. The van der Waals surface area contributed by atoms with Gasteiger partial charge in [0.1, 0.15) is 11.3 Å². The van der Waals surface area contributed by atoms with E-state index in [1.165, 1.54) is 24.0 Å². The van der Waals surface area contributed by atoms with Gasteiger partial charge < -0.3 is 10.5 Å². The van der Waals surface area contributed by atoms with Crippen molar-refractivity contribution in [2.75, 3.05) is 0 Å². The Morgan fingerprint density at radius 2 is 1.45 bits per heavy atom. The minimum atomic E-state index is -0.907. The van der Waals surface area contributed by atoms with Gasteiger partial charge in [0.25, 0.3) is 0 Å². The molecule has 0 fully saturated rings. The van der Waals surface area contributed by atoms with E-state index in [0.717, 1.165) is 23.3 Å². The summed E-state index contributed by atoms with van der Waals surface area (Å²) in [5, 5.41) is 0.0122. The summed E-state index contributed by atoms with van der Waals surface area (Å²) < 4.78 is 33.8. The Morgan fingerprint density at radius 1 is 0.848 bits per heavy atom. The van der Waals surface area contributed by atoms with Crippen LogP contribution < -0.4 is 10.5 Å². The largest absolute Gasteiger partial charge is 0.451 e. The van der Waals surface area contributed by atoms with Crippen LogP contribution in [0.25, 0.3) is 0 Å². The van der Waals surface area contributed by atoms with Gasteiger partial charge in [-0.1, -0.05) is 17.8 Å². The van der Waals surface area contributed by atoms with Crippen LogP contribution in [0.2, 0.25) is 0 Å². The van der Waals surface area contributed by atoms with Crippen molar-refractivity contribution >= 4 is 16.9 Å². The van der Waals surface area contributed by atoms with Crippen LogP contribution in [0.1, 0.15) is 22.1 Å². The van der Waals surface area contributed by atoms with Gasteiger partial charge in [0.2, 0.25) is 0 Å². The lowest BCUT2D eigenvalue weighted by Crippen LogP contribution is -2.29. The summed E-state index contributed by atoms with van der Waals surface area (Å²) in [6, 6.07) is 14.3. The summed E-state index contributed by atoms with van der Waals surface area (Å²) in [7, 11) is 0. The standard InChI is InChI=1S/C24H17F2N5OS/c25-18-2-1-3-19(26)21(18)32-17-8-13-30-20(14-17)22-24(31-23(27)33-22,15-4-9-28-10-5-15)16-6-11-29-12-7-16/h1-14,22H,(H2,27,31). The highest BCUT2D eigenvalue weighted by molar-refractivity contribution is 8.14. The molecule has 164 valence electrons. The molecule has 1 atom stereocenters. The average Bonchev–Trinajstić information content (AvgIpc) is 3.21. The number of pyridine rings is 3. The molecule has 2 N–H and O–H groups in total. The van der Waals surface area contributed by atoms with Crippen molar-refractivity contribution in [2.45, 2.75) is 10.8 Å². The van der Waals surface area contributed by atoms with Crippen molar-refractivity contribution in [1.29, 1.82) is 0 Å². The van der Waals surface area contributed by atoms with Crippen LogP contribution >= 0.6 is 11.8 Å². The number of halogens is 2. The first-order valence-electron chi connectivity index (χ1n) is 9.99. The highest BCUT2D eigenvalue weighted by Crippen LogP contribution is 2.55. The van der Waals surface area contributed by atoms with Gasteiger partial charge in [-0.15, -0.1) is 0 Å². The number of nitrogens with two attached hydrogens (primary N) is 1. The van der Waals surface area contributed by atoms with Crippen LogP contribution in [0.5, 0.6) is 11.5 Å². The third kappa shape index (κ3) is 3.80. The van der Waals surface area contributed by atoms with E-state index < -0.39 is 22.9 Å². The zero-order valence-corrected chi connectivity index (χ0v) is 17.9. The number of thioether (sulfide) groups is 1. The van der Waals surface area contributed by atoms with Crippen LogP contribution in [0.15, 0.2) is 90.6 Å². The van der Waals surface area contributed by atoms with Crippen LogP contribution in [0.3, 0.4) is 0 Å². The molecule has 0 saturated heterocycles. The first kappa shape index (κ1) is 21.0. The summed E-state index contributed by atoms with van der Waals surface area (Å²) in [6.45, 7) is 0. The molecular formula is C24H17F2N5OS. The van der Waals surface area contributed by atoms with Gasteiger partial charge in [0.15, 0.2) is 22.6 Å². The molecule has 0 saturated carbocycles. The average molecular weight is 461 g/mol. The smallest absolute Gasteiger partial charge is 0.198 e. The van der Waals surface area contributed by atoms with Gasteiger partial charge in [-0.05, 0) is 53.6 Å². The summed E-state index contributed by atoms with van der Waals surface area (Å²) in [4.78, 5) is 17.7. The molecule has 0 spiro atoms. The number of rotatable bonds is 5. The molecule has 4 heterocycles. The van der Waals surface area contributed by atoms with E-state index in [-0.39, 0.29) is 11.0 Å². The van der Waals surface area contributed by atoms with Crippen LogP contribution in [-0.2, 0) is 5.54 Å². The molecule has 5 rings (SSSR count). The Kier molecular flexibility index (Phi) is 5.47. The van der Waals surface area contributed by atoms with Crippen molar-refractivity contribution in [2.24, 2.45) is 10.7 Å². The van der Waals surface area contributed by atoms with Gasteiger partial charge in [0.05, 0.1) is 10.9 Å². The van der Waals surface area contributed by atoms with Crippen LogP contribution in [-0.4, -0.2) is 20.1 Å². The molecule has 0 radical (unpaired) electrons. The van der Waals surface area contributed by atoms with Gasteiger partial charge in [-0.3, -0.25) is 15.0 Å². The topological polar surface area (TPSA) is 86.3 Å². The predicted octanol–water partition coefficient (Wildman–Crippen LogP) is 4.99. The lowest BCUT2D eigenvalue weighted by atomic mass is 9.80. The number of ether oxygens (including phenoxy) is 1. The Labute approximate surface area is 192 Å². The van der Waals surface area contributed by atoms with E-state index in [1.807, 2.05) is 24.3 Å². The summed E-state index contributed by atoms with van der Waals surface area (Å²) in [6.07, 6.45) is 8.30. The molecule has 3 aromatic heterocycles. The van der Waals surface area contributed by atoms with Crippen molar-refractivity contribution in [3.63, 3.8) is 0 Å². The Bertz CT molecular complexity index is 1260. The molecule has 0 amide bonds. The fraction of sp³-hybridized carbons (Fsp3) is 0.0833. The van der Waals surface area contributed by atoms with Crippen molar-refractivity contribution < 1.29 is 13.5 Å². The Balaban J connectivity index is 1.62. The zero-order chi connectivity index (χ0) is 22.8. The maximum atomic E-state index is 14.1. The summed E-state index contributed by atoms with van der Waals surface area (Å²) >= 11 is 1.36. The third-order valence-electron chi connectivity index (χ3n) is 5.31. The zero-order valence-electron chi connectivity index (χ0n) is 17.1. The van der Waals surface area contributed by atoms with Gasteiger partial charge in [-0.25, -0.2) is 13.8 Å². The van der Waals surface area contributed by atoms with Gasteiger partial charge in [0, 0.05) is 37.1 Å². The molecule has 33 heavy (non-hydrogen) atoms. The maximum absolute atomic E-state index is 14.1. The third-order valence-corrected chi connectivity index (χ3v) is 6.46. The summed E-state index contributed by atoms with van der Waals surface area (Å²) in [5.74, 6) is -1.81. The molecule has 1 aromatic carbocycles. The Hall–Kier alpha value is -3.85. The lowest BCUT2D eigenvalue weighted by Gasteiger charge is -2.33. The van der Waals surface area contributed by atoms with Crippen molar-refractivity contribution in [1.82, 2.24) is 15.0 Å². The second-order valence-electron chi connectivity index (χ2n) is 7.26. The highest BCUT2D eigenvalue weighted by atomic mass is 32.2. The van der Waals surface area contributed by atoms with E-state index in [1.54, 1.807) is 36.9 Å². The molecule has 1 aliphatic heterocycles. The highest BCUT2D eigenvalue weighted by Gasteiger charge is 2.49. The van der Waals surface area contributed by atoms with Crippen LogP contribution in [0.4, 0.5) is 8.78 Å². The first-order valence-corrected chi connectivity index (χ1v) is 10.9.